The summed E-state index contributed by atoms with van der Waals surface area (Å²) in [5.41, 5.74) is 2.77. The van der Waals surface area contributed by atoms with Gasteiger partial charge in [-0.05, 0) is 68.0 Å². The zero-order valence-corrected chi connectivity index (χ0v) is 16.9. The van der Waals surface area contributed by atoms with Crippen molar-refractivity contribution < 1.29 is 13.2 Å². The number of nitrogens with one attached hydrogen (secondary N) is 1. The first kappa shape index (κ1) is 19.6. The van der Waals surface area contributed by atoms with E-state index < -0.39 is 10.0 Å². The molecular formula is C20H27N3O3S. The highest BCUT2D eigenvalue weighted by molar-refractivity contribution is 7.89. The Morgan fingerprint density at radius 1 is 1.22 bits per heavy atom. The topological polar surface area (TPSA) is 71.5 Å². The summed E-state index contributed by atoms with van der Waals surface area (Å²) in [5, 5.41) is 0. The fourth-order valence-electron chi connectivity index (χ4n) is 3.63. The number of hydrogen-bond donors (Lipinski definition) is 1. The van der Waals surface area contributed by atoms with Crippen LogP contribution in [0.3, 0.4) is 0 Å². The summed E-state index contributed by atoms with van der Waals surface area (Å²) in [7, 11) is -1.93. The largest absolute Gasteiger partial charge is 0.496 e. The molecule has 2 heterocycles. The van der Waals surface area contributed by atoms with E-state index in [9.17, 15) is 8.42 Å². The minimum Gasteiger partial charge on any atom is -0.496 e. The van der Waals surface area contributed by atoms with Crippen molar-refractivity contribution in [2.45, 2.75) is 31.6 Å². The van der Waals surface area contributed by atoms with Gasteiger partial charge in [-0.15, -0.1) is 0 Å². The smallest absolute Gasteiger partial charge is 0.240 e. The third-order valence-corrected chi connectivity index (χ3v) is 6.54. The van der Waals surface area contributed by atoms with Crippen molar-refractivity contribution in [3.8, 4) is 5.75 Å². The Hall–Kier alpha value is -2.12. The van der Waals surface area contributed by atoms with E-state index in [2.05, 4.69) is 20.7 Å². The molecule has 1 fully saturated rings. The van der Waals surface area contributed by atoms with E-state index in [4.69, 9.17) is 4.74 Å². The Labute approximate surface area is 161 Å². The normalized spacial score (nSPS) is 15.7. The lowest BCUT2D eigenvalue weighted by atomic mass is 9.97. The van der Waals surface area contributed by atoms with Crippen LogP contribution < -0.4 is 14.4 Å². The predicted octanol–water partition coefficient (Wildman–Crippen LogP) is 2.90. The fraction of sp³-hybridized carbons (Fsp3) is 0.450. The van der Waals surface area contributed by atoms with Gasteiger partial charge in [-0.3, -0.25) is 4.98 Å². The summed E-state index contributed by atoms with van der Waals surface area (Å²) in [6, 6.07) is 7.33. The van der Waals surface area contributed by atoms with E-state index in [0.29, 0.717) is 17.4 Å². The number of anilines is 1. The van der Waals surface area contributed by atoms with E-state index in [1.54, 1.807) is 25.4 Å². The number of benzene rings is 1. The Morgan fingerprint density at radius 2 is 1.89 bits per heavy atom. The maximum Gasteiger partial charge on any atom is 0.240 e. The third kappa shape index (κ3) is 4.59. The van der Waals surface area contributed by atoms with Gasteiger partial charge in [0.25, 0.3) is 0 Å². The Bertz CT molecular complexity index is 854. The molecular weight excluding hydrogens is 362 g/mol. The number of aryl methyl sites for hydroxylation is 2. The van der Waals surface area contributed by atoms with Gasteiger partial charge in [-0.1, -0.05) is 0 Å². The first-order chi connectivity index (χ1) is 12.9. The molecule has 1 saturated heterocycles. The second-order valence-corrected chi connectivity index (χ2v) is 8.85. The average Bonchev–Trinajstić information content (AvgIpc) is 2.67. The fourth-order valence-corrected chi connectivity index (χ4v) is 4.92. The van der Waals surface area contributed by atoms with Crippen molar-refractivity contribution in [1.29, 1.82) is 0 Å². The summed E-state index contributed by atoms with van der Waals surface area (Å²) in [5.74, 6) is 1.07. The van der Waals surface area contributed by atoms with Crippen LogP contribution in [0.4, 0.5) is 5.69 Å². The van der Waals surface area contributed by atoms with Crippen molar-refractivity contribution in [2.24, 2.45) is 5.92 Å². The Kier molecular flexibility index (Phi) is 6.01. The van der Waals surface area contributed by atoms with Gasteiger partial charge in [-0.25, -0.2) is 13.1 Å². The number of aromatic nitrogens is 1. The zero-order chi connectivity index (χ0) is 19.4. The molecule has 1 aromatic carbocycles. The molecule has 0 amide bonds. The quantitative estimate of drug-likeness (QED) is 0.822. The molecule has 0 aliphatic carbocycles. The highest BCUT2D eigenvalue weighted by Crippen LogP contribution is 2.27. The second-order valence-electron chi connectivity index (χ2n) is 7.08. The van der Waals surface area contributed by atoms with Crippen LogP contribution in [-0.4, -0.2) is 40.1 Å². The first-order valence-electron chi connectivity index (χ1n) is 9.20. The number of methoxy groups -OCH3 is 1. The van der Waals surface area contributed by atoms with Crippen molar-refractivity contribution in [2.75, 3.05) is 31.6 Å². The predicted molar refractivity (Wildman–Crippen MR) is 107 cm³/mol. The molecule has 6 nitrogen and oxygen atoms in total. The number of ether oxygens (including phenoxy) is 1. The van der Waals surface area contributed by atoms with Crippen LogP contribution in [0.25, 0.3) is 0 Å². The summed E-state index contributed by atoms with van der Waals surface area (Å²) in [6.07, 6.45) is 5.56. The molecule has 0 saturated carbocycles. The first-order valence-corrected chi connectivity index (χ1v) is 10.7. The van der Waals surface area contributed by atoms with Crippen LogP contribution in [0.1, 0.15) is 24.0 Å². The number of hydrogen-bond acceptors (Lipinski definition) is 5. The van der Waals surface area contributed by atoms with Gasteiger partial charge in [0, 0.05) is 25.8 Å². The Morgan fingerprint density at radius 3 is 2.44 bits per heavy atom. The molecule has 27 heavy (non-hydrogen) atoms. The van der Waals surface area contributed by atoms with E-state index in [1.807, 2.05) is 26.1 Å². The number of pyridine rings is 1. The van der Waals surface area contributed by atoms with Crippen LogP contribution in [-0.2, 0) is 10.0 Å². The van der Waals surface area contributed by atoms with Crippen LogP contribution in [0.2, 0.25) is 0 Å². The van der Waals surface area contributed by atoms with Crippen molar-refractivity contribution >= 4 is 15.7 Å². The van der Waals surface area contributed by atoms with Crippen molar-refractivity contribution in [3.05, 3.63) is 47.8 Å². The van der Waals surface area contributed by atoms with Crippen molar-refractivity contribution in [1.82, 2.24) is 9.71 Å². The standard InChI is InChI=1S/C20H27N3O3S/c1-15-11-19(12-16(2)20(15)26-3)27(24,25)22-13-17-6-9-23(10-7-17)18-5-4-8-21-14-18/h4-5,8,11-12,14,17,22H,6-7,9-10,13H2,1-3H3. The van der Waals surface area contributed by atoms with Gasteiger partial charge in [0.05, 0.1) is 23.9 Å². The monoisotopic (exact) mass is 389 g/mol. The highest BCUT2D eigenvalue weighted by Gasteiger charge is 2.23. The molecule has 0 unspecified atom stereocenters. The van der Waals surface area contributed by atoms with Gasteiger partial charge in [0.15, 0.2) is 0 Å². The molecule has 146 valence electrons. The van der Waals surface area contributed by atoms with Gasteiger partial charge in [0.2, 0.25) is 10.0 Å². The van der Waals surface area contributed by atoms with Crippen LogP contribution in [0.5, 0.6) is 5.75 Å². The molecule has 3 rings (SSSR count). The van der Waals surface area contributed by atoms with E-state index in [0.717, 1.165) is 48.5 Å². The molecule has 2 aromatic rings. The van der Waals surface area contributed by atoms with E-state index in [-0.39, 0.29) is 0 Å². The lowest BCUT2D eigenvalue weighted by Gasteiger charge is -2.33. The maximum atomic E-state index is 12.7. The summed E-state index contributed by atoms with van der Waals surface area (Å²) in [4.78, 5) is 6.76. The number of nitrogens with zero attached hydrogens (tertiary/aromatic N) is 2. The molecule has 0 spiro atoms. The average molecular weight is 390 g/mol. The van der Waals surface area contributed by atoms with Crippen LogP contribution >= 0.6 is 0 Å². The molecule has 7 heteroatoms. The van der Waals surface area contributed by atoms with Gasteiger partial charge in [-0.2, -0.15) is 0 Å². The third-order valence-electron chi connectivity index (χ3n) is 5.14. The van der Waals surface area contributed by atoms with E-state index >= 15 is 0 Å². The van der Waals surface area contributed by atoms with Gasteiger partial charge >= 0.3 is 0 Å². The summed E-state index contributed by atoms with van der Waals surface area (Å²) in [6.45, 7) is 6.02. The van der Waals surface area contributed by atoms with Crippen LogP contribution in [0, 0.1) is 19.8 Å². The molecule has 0 atom stereocenters. The second kappa shape index (κ2) is 8.27. The number of rotatable bonds is 6. The van der Waals surface area contributed by atoms with Gasteiger partial charge < -0.3 is 9.64 Å². The van der Waals surface area contributed by atoms with Crippen LogP contribution in [0.15, 0.2) is 41.6 Å². The number of sulfonamides is 1. The molecule has 1 aliphatic rings. The Balaban J connectivity index is 1.59. The molecule has 1 N–H and O–H groups in total. The zero-order valence-electron chi connectivity index (χ0n) is 16.1. The lowest BCUT2D eigenvalue weighted by Crippen LogP contribution is -2.38. The summed E-state index contributed by atoms with van der Waals surface area (Å²) >= 11 is 0. The maximum absolute atomic E-state index is 12.7. The lowest BCUT2D eigenvalue weighted by molar-refractivity contribution is 0.401. The number of piperidine rings is 1. The van der Waals surface area contributed by atoms with Crippen molar-refractivity contribution in [3.63, 3.8) is 0 Å². The molecule has 0 bridgehead atoms. The highest BCUT2D eigenvalue weighted by atomic mass is 32.2. The van der Waals surface area contributed by atoms with E-state index in [1.165, 1.54) is 0 Å². The SMILES string of the molecule is COc1c(C)cc(S(=O)(=O)NCC2CCN(c3cccnc3)CC2)cc1C. The summed E-state index contributed by atoms with van der Waals surface area (Å²) < 4.78 is 33.5. The minimum atomic E-state index is -3.52. The molecule has 1 aromatic heterocycles. The van der Waals surface area contributed by atoms with Gasteiger partial charge in [0.1, 0.15) is 5.75 Å². The molecule has 0 radical (unpaired) electrons. The minimum absolute atomic E-state index is 0.297. The molecule has 1 aliphatic heterocycles.